The van der Waals surface area contributed by atoms with Crippen LogP contribution < -0.4 is 0 Å². The fourth-order valence-corrected chi connectivity index (χ4v) is 6.03. The van der Waals surface area contributed by atoms with Crippen LogP contribution in [0.25, 0.3) is 0 Å². The number of nitrogens with zero attached hydrogens (tertiary/aromatic N) is 2. The number of carbonyl (C=O) groups excluding carboxylic acids is 1. The van der Waals surface area contributed by atoms with Crippen LogP contribution in [0.3, 0.4) is 0 Å². The first-order valence-corrected chi connectivity index (χ1v) is 12.9. The van der Waals surface area contributed by atoms with Crippen LogP contribution in [0.2, 0.25) is 0 Å². The molecule has 7 nitrogen and oxygen atoms in total. The lowest BCUT2D eigenvalue weighted by molar-refractivity contribution is -0.0119. The molecule has 1 aliphatic heterocycles. The van der Waals surface area contributed by atoms with Gasteiger partial charge in [-0.2, -0.15) is 0 Å². The Balaban J connectivity index is 1.58. The van der Waals surface area contributed by atoms with Crippen molar-refractivity contribution in [2.75, 3.05) is 12.3 Å². The van der Waals surface area contributed by atoms with Crippen LogP contribution in [0.4, 0.5) is 4.79 Å². The van der Waals surface area contributed by atoms with E-state index >= 15 is 0 Å². The minimum absolute atomic E-state index is 0.0380. The second-order valence-corrected chi connectivity index (χ2v) is 11.0. The van der Waals surface area contributed by atoms with Crippen molar-refractivity contribution in [3.63, 3.8) is 0 Å². The predicted molar refractivity (Wildman–Crippen MR) is 126 cm³/mol. The molecule has 1 unspecified atom stereocenters. The number of carboxylic acids is 1. The van der Waals surface area contributed by atoms with E-state index in [2.05, 4.69) is 24.9 Å². The predicted octanol–water partition coefficient (Wildman–Crippen LogP) is 4.98. The number of thiazole rings is 1. The van der Waals surface area contributed by atoms with Gasteiger partial charge in [0, 0.05) is 23.1 Å². The van der Waals surface area contributed by atoms with Gasteiger partial charge < -0.3 is 14.9 Å². The van der Waals surface area contributed by atoms with E-state index in [9.17, 15) is 14.7 Å². The van der Waals surface area contributed by atoms with Gasteiger partial charge in [0.25, 0.3) is 0 Å². The van der Waals surface area contributed by atoms with Gasteiger partial charge in [0.2, 0.25) is 0 Å². The number of aliphatic hydroxyl groups excluding tert-OH is 1. The van der Waals surface area contributed by atoms with Crippen LogP contribution in [0, 0.1) is 5.41 Å². The number of aromatic carboxylic acids is 1. The number of ether oxygens (including phenoxy) is 1. The van der Waals surface area contributed by atoms with E-state index in [-0.39, 0.29) is 29.3 Å². The summed E-state index contributed by atoms with van der Waals surface area (Å²) in [5.41, 5.74) is 1.27. The molecule has 1 aliphatic carbocycles. The second kappa shape index (κ2) is 10.9. The summed E-state index contributed by atoms with van der Waals surface area (Å²) in [7, 11) is 0. The third-order valence-corrected chi connectivity index (χ3v) is 8.29. The molecule has 2 aliphatic rings. The summed E-state index contributed by atoms with van der Waals surface area (Å²) in [5, 5.41) is 21.4. The van der Waals surface area contributed by atoms with Crippen LogP contribution in [0.1, 0.15) is 63.4 Å². The van der Waals surface area contributed by atoms with Gasteiger partial charge in [-0.25, -0.2) is 14.6 Å². The number of cyclic esters (lactones) is 1. The van der Waals surface area contributed by atoms with Crippen LogP contribution in [-0.4, -0.2) is 62.7 Å². The summed E-state index contributed by atoms with van der Waals surface area (Å²) in [6.45, 7) is 6.50. The molecule has 2 fully saturated rings. The number of aromatic nitrogens is 1. The Morgan fingerprint density at radius 3 is 2.81 bits per heavy atom. The Hall–Kier alpha value is -1.84. The molecule has 0 bridgehead atoms. The molecule has 176 valence electrons. The topological polar surface area (TPSA) is 100.0 Å². The van der Waals surface area contributed by atoms with Gasteiger partial charge in [0.1, 0.15) is 6.10 Å². The van der Waals surface area contributed by atoms with Gasteiger partial charge in [-0.15, -0.1) is 11.3 Å². The molecule has 1 aromatic rings. The van der Waals surface area contributed by atoms with Gasteiger partial charge >= 0.3 is 12.1 Å². The highest BCUT2D eigenvalue weighted by Gasteiger charge is 2.42. The number of allylic oxidation sites excluding steroid dienone is 2. The van der Waals surface area contributed by atoms with Gasteiger partial charge in [0.15, 0.2) is 10.0 Å². The molecule has 1 aromatic heterocycles. The number of carboxylic acid groups (broad SMARTS) is 1. The van der Waals surface area contributed by atoms with E-state index in [1.807, 2.05) is 19.1 Å². The monoisotopic (exact) mass is 480 g/mol. The van der Waals surface area contributed by atoms with E-state index in [4.69, 9.17) is 9.84 Å². The second-order valence-electron chi connectivity index (χ2n) is 8.79. The Bertz CT molecular complexity index is 873. The summed E-state index contributed by atoms with van der Waals surface area (Å²) in [6, 6.07) is -0.237. The molecule has 1 amide bonds. The molecule has 1 saturated carbocycles. The summed E-state index contributed by atoms with van der Waals surface area (Å²) < 4.78 is 6.08. The van der Waals surface area contributed by atoms with Crippen molar-refractivity contribution in [3.05, 3.63) is 34.9 Å². The van der Waals surface area contributed by atoms with E-state index in [0.29, 0.717) is 16.6 Å². The number of aliphatic hydroxyl groups is 1. The largest absolute Gasteiger partial charge is 0.476 e. The minimum Gasteiger partial charge on any atom is -0.476 e. The lowest BCUT2D eigenvalue weighted by Crippen LogP contribution is -2.41. The SMILES string of the molecule is CC(C)=CCCC1(C(O)/C=C/[C@H]2[C@H](C)OC(=O)N2CCSc2nc(C(=O)O)cs2)CCC1. The third-order valence-electron chi connectivity index (χ3n) is 6.28. The van der Waals surface area contributed by atoms with Crippen LogP contribution in [0.5, 0.6) is 0 Å². The number of hydrogen-bond acceptors (Lipinski definition) is 7. The zero-order valence-electron chi connectivity index (χ0n) is 18.8. The van der Waals surface area contributed by atoms with Crippen molar-refractivity contribution in [2.24, 2.45) is 5.41 Å². The molecular formula is C23H32N2O5S2. The maximum absolute atomic E-state index is 12.3. The molecule has 0 spiro atoms. The highest BCUT2D eigenvalue weighted by atomic mass is 32.2. The number of thioether (sulfide) groups is 1. The van der Waals surface area contributed by atoms with E-state index < -0.39 is 12.1 Å². The molecule has 32 heavy (non-hydrogen) atoms. The zero-order valence-corrected chi connectivity index (χ0v) is 20.5. The van der Waals surface area contributed by atoms with Crippen molar-refractivity contribution in [1.82, 2.24) is 9.88 Å². The first-order chi connectivity index (χ1) is 15.2. The van der Waals surface area contributed by atoms with Crippen molar-refractivity contribution in [1.29, 1.82) is 0 Å². The third kappa shape index (κ3) is 5.94. The Kier molecular flexibility index (Phi) is 8.41. The van der Waals surface area contributed by atoms with Crippen molar-refractivity contribution >= 4 is 35.2 Å². The lowest BCUT2D eigenvalue weighted by Gasteiger charge is -2.45. The molecule has 2 N–H and O–H groups in total. The number of amides is 1. The van der Waals surface area contributed by atoms with Crippen LogP contribution in [-0.2, 0) is 4.74 Å². The fourth-order valence-electron chi connectivity index (χ4n) is 4.22. The zero-order chi connectivity index (χ0) is 23.3. The summed E-state index contributed by atoms with van der Waals surface area (Å²) >= 11 is 2.70. The van der Waals surface area contributed by atoms with Crippen LogP contribution >= 0.6 is 23.1 Å². The molecule has 9 heteroatoms. The lowest BCUT2D eigenvalue weighted by atomic mass is 9.62. The standard InChI is InChI=1S/C23H32N2O5S2/c1-15(2)6-4-9-23(10-5-11-23)19(26)8-7-18-16(3)30-22(29)25(18)12-13-31-21-24-17(14-32-21)20(27)28/h6-8,14,16,18-19,26H,4-5,9-13H2,1-3H3,(H,27,28)/b8-7+/t16-,18-,19?/m0/s1. The molecule has 1 saturated heterocycles. The Labute approximate surface area is 197 Å². The highest BCUT2D eigenvalue weighted by Crippen LogP contribution is 2.48. The van der Waals surface area contributed by atoms with Crippen molar-refractivity contribution < 1.29 is 24.5 Å². The molecule has 3 rings (SSSR count). The first-order valence-electron chi connectivity index (χ1n) is 11.0. The fraction of sp³-hybridized carbons (Fsp3) is 0.609. The molecule has 2 heterocycles. The number of carbonyl (C=O) groups is 2. The summed E-state index contributed by atoms with van der Waals surface area (Å²) in [5.74, 6) is -0.465. The Morgan fingerprint density at radius 2 is 2.22 bits per heavy atom. The van der Waals surface area contributed by atoms with E-state index in [0.717, 1.165) is 32.1 Å². The van der Waals surface area contributed by atoms with E-state index in [1.165, 1.54) is 34.1 Å². The summed E-state index contributed by atoms with van der Waals surface area (Å²) in [4.78, 5) is 29.0. The maximum atomic E-state index is 12.3. The van der Waals surface area contributed by atoms with Crippen LogP contribution in [0.15, 0.2) is 33.5 Å². The molecular weight excluding hydrogens is 448 g/mol. The van der Waals surface area contributed by atoms with Gasteiger partial charge in [0.05, 0.1) is 12.1 Å². The minimum atomic E-state index is -1.04. The number of hydrogen-bond donors (Lipinski definition) is 2. The summed E-state index contributed by atoms with van der Waals surface area (Å²) in [6.07, 6.45) is 9.92. The number of rotatable bonds is 11. The maximum Gasteiger partial charge on any atom is 0.410 e. The van der Waals surface area contributed by atoms with Crippen molar-refractivity contribution in [2.45, 2.75) is 75.5 Å². The molecule has 3 atom stereocenters. The molecule has 0 radical (unpaired) electrons. The van der Waals surface area contributed by atoms with Gasteiger partial charge in [-0.3, -0.25) is 4.90 Å². The van der Waals surface area contributed by atoms with Gasteiger partial charge in [-0.1, -0.05) is 42.0 Å². The van der Waals surface area contributed by atoms with Crippen molar-refractivity contribution in [3.8, 4) is 0 Å². The highest BCUT2D eigenvalue weighted by molar-refractivity contribution is 8.01. The normalized spacial score (nSPS) is 23.1. The smallest absolute Gasteiger partial charge is 0.410 e. The van der Waals surface area contributed by atoms with Gasteiger partial charge in [-0.05, 0) is 46.5 Å². The first kappa shape index (κ1) is 24.8. The average Bonchev–Trinajstić information content (AvgIpc) is 3.27. The Morgan fingerprint density at radius 1 is 1.47 bits per heavy atom. The average molecular weight is 481 g/mol. The van der Waals surface area contributed by atoms with E-state index in [1.54, 1.807) is 4.90 Å². The quantitative estimate of drug-likeness (QED) is 0.340. The molecule has 0 aromatic carbocycles.